The van der Waals surface area contributed by atoms with Crippen LogP contribution in [-0.4, -0.2) is 27.0 Å². The van der Waals surface area contributed by atoms with E-state index >= 15 is 0 Å². The van der Waals surface area contributed by atoms with Crippen molar-refractivity contribution in [2.24, 2.45) is 5.92 Å². The van der Waals surface area contributed by atoms with Crippen LogP contribution in [0.4, 0.5) is 0 Å². The molecule has 0 saturated heterocycles. The van der Waals surface area contributed by atoms with Crippen LogP contribution in [0.25, 0.3) is 0 Å². The molecule has 2 N–H and O–H groups in total. The topological polar surface area (TPSA) is 83.6 Å². The van der Waals surface area contributed by atoms with Crippen LogP contribution in [0.3, 0.4) is 0 Å². The molecule has 0 saturated carbocycles. The van der Waals surface area contributed by atoms with Gasteiger partial charge in [-0.1, -0.05) is 13.8 Å². The van der Waals surface area contributed by atoms with Gasteiger partial charge < -0.3 is 10.2 Å². The summed E-state index contributed by atoms with van der Waals surface area (Å²) >= 11 is 0. The summed E-state index contributed by atoms with van der Waals surface area (Å²) in [6.07, 6.45) is -1.36. The molecular weight excluding hydrogens is 150 g/mol. The number of hydrogen-bond donors (Lipinski definition) is 2. The molecule has 0 spiro atoms. The Balaban J connectivity index is 4.67. The lowest BCUT2D eigenvalue weighted by atomic mass is 9.95. The highest BCUT2D eigenvalue weighted by Gasteiger charge is 2.49. The van der Waals surface area contributed by atoms with Crippen LogP contribution in [0.1, 0.15) is 20.8 Å². The van der Waals surface area contributed by atoms with Gasteiger partial charge >= 0.3 is 5.72 Å². The van der Waals surface area contributed by atoms with Gasteiger partial charge in [-0.15, -0.1) is 0 Å². The van der Waals surface area contributed by atoms with Gasteiger partial charge in [0.1, 0.15) is 6.10 Å². The van der Waals surface area contributed by atoms with E-state index in [1.807, 2.05) is 0 Å². The molecule has 0 aromatic carbocycles. The van der Waals surface area contributed by atoms with Gasteiger partial charge in [-0.3, -0.25) is 10.1 Å². The van der Waals surface area contributed by atoms with E-state index in [-0.39, 0.29) is 0 Å². The van der Waals surface area contributed by atoms with Crippen molar-refractivity contribution in [1.29, 1.82) is 0 Å². The van der Waals surface area contributed by atoms with Gasteiger partial charge in [0.25, 0.3) is 0 Å². The second kappa shape index (κ2) is 3.15. The second-order valence-corrected chi connectivity index (χ2v) is 2.87. The molecule has 0 radical (unpaired) electrons. The zero-order valence-corrected chi connectivity index (χ0v) is 6.81. The molecule has 0 aliphatic carbocycles. The lowest BCUT2D eigenvalue weighted by Crippen LogP contribution is -2.52. The first kappa shape index (κ1) is 10.3. The van der Waals surface area contributed by atoms with Crippen molar-refractivity contribution in [3.63, 3.8) is 0 Å². The fourth-order valence-corrected chi connectivity index (χ4v) is 0.846. The highest BCUT2D eigenvalue weighted by Crippen LogP contribution is 2.21. The van der Waals surface area contributed by atoms with Gasteiger partial charge in [-0.05, 0) is 6.92 Å². The molecular formula is C6H13NO4. The number of aliphatic hydroxyl groups excluding tert-OH is 1. The van der Waals surface area contributed by atoms with Gasteiger partial charge in [0.15, 0.2) is 0 Å². The van der Waals surface area contributed by atoms with E-state index < -0.39 is 22.7 Å². The Morgan fingerprint density at radius 2 is 1.82 bits per heavy atom. The first-order valence-electron chi connectivity index (χ1n) is 3.38. The van der Waals surface area contributed by atoms with Crippen molar-refractivity contribution in [3.8, 4) is 0 Å². The highest BCUT2D eigenvalue weighted by molar-refractivity contribution is 4.75. The standard InChI is InChI=1S/C6H13NO4/c1-4(2)6(9,5(3)8)7(10)11/h4-5,8-9H,1-3H3. The Kier molecular flexibility index (Phi) is 2.95. The molecule has 0 aromatic heterocycles. The molecule has 11 heavy (non-hydrogen) atoms. The van der Waals surface area contributed by atoms with E-state index in [0.29, 0.717) is 0 Å². The molecule has 0 aliphatic rings. The summed E-state index contributed by atoms with van der Waals surface area (Å²) in [6.45, 7) is 4.16. The minimum absolute atomic E-state index is 0.613. The maximum absolute atomic E-state index is 10.3. The lowest BCUT2D eigenvalue weighted by Gasteiger charge is -2.25. The van der Waals surface area contributed by atoms with Gasteiger partial charge in [0, 0.05) is 0 Å². The summed E-state index contributed by atoms with van der Waals surface area (Å²) in [5, 5.41) is 28.5. The Morgan fingerprint density at radius 3 is 1.82 bits per heavy atom. The quantitative estimate of drug-likeness (QED) is 0.348. The maximum atomic E-state index is 10.3. The third-order valence-electron chi connectivity index (χ3n) is 1.76. The molecule has 5 heteroatoms. The van der Waals surface area contributed by atoms with Crippen LogP contribution >= 0.6 is 0 Å². The van der Waals surface area contributed by atoms with Crippen LogP contribution in [0.2, 0.25) is 0 Å². The van der Waals surface area contributed by atoms with E-state index in [1.54, 1.807) is 0 Å². The monoisotopic (exact) mass is 163 g/mol. The van der Waals surface area contributed by atoms with Crippen molar-refractivity contribution in [2.75, 3.05) is 0 Å². The predicted octanol–water partition coefficient (Wildman–Crippen LogP) is -0.0115. The van der Waals surface area contributed by atoms with Crippen LogP contribution in [0, 0.1) is 16.0 Å². The van der Waals surface area contributed by atoms with E-state index in [1.165, 1.54) is 20.8 Å². The minimum atomic E-state index is -2.22. The molecule has 66 valence electrons. The Labute approximate surface area is 64.8 Å². The molecule has 0 aliphatic heterocycles. The Bertz CT molecular complexity index is 147. The average molecular weight is 163 g/mol. The molecule has 2 atom stereocenters. The fraction of sp³-hybridized carbons (Fsp3) is 1.00. The number of nitro groups is 1. The predicted molar refractivity (Wildman–Crippen MR) is 38.5 cm³/mol. The molecule has 0 bridgehead atoms. The highest BCUT2D eigenvalue weighted by atomic mass is 16.7. The van der Waals surface area contributed by atoms with E-state index in [9.17, 15) is 15.2 Å². The number of hydrogen-bond acceptors (Lipinski definition) is 4. The first-order valence-corrected chi connectivity index (χ1v) is 3.38. The molecule has 0 rings (SSSR count). The van der Waals surface area contributed by atoms with Crippen LogP contribution in [0.5, 0.6) is 0 Å². The maximum Gasteiger partial charge on any atom is 0.350 e. The van der Waals surface area contributed by atoms with Crippen molar-refractivity contribution < 1.29 is 15.1 Å². The van der Waals surface area contributed by atoms with Crippen LogP contribution in [-0.2, 0) is 0 Å². The van der Waals surface area contributed by atoms with E-state index in [4.69, 9.17) is 5.11 Å². The molecule has 0 aromatic rings. The molecule has 0 amide bonds. The van der Waals surface area contributed by atoms with E-state index in [2.05, 4.69) is 0 Å². The lowest BCUT2D eigenvalue weighted by molar-refractivity contribution is -0.647. The van der Waals surface area contributed by atoms with Crippen molar-refractivity contribution in [1.82, 2.24) is 0 Å². The number of rotatable bonds is 3. The third-order valence-corrected chi connectivity index (χ3v) is 1.76. The normalized spacial score (nSPS) is 19.5. The summed E-state index contributed by atoms with van der Waals surface area (Å²) in [7, 11) is 0. The molecule has 5 nitrogen and oxygen atoms in total. The Morgan fingerprint density at radius 1 is 1.45 bits per heavy atom. The van der Waals surface area contributed by atoms with Gasteiger partial charge in [0.2, 0.25) is 0 Å². The van der Waals surface area contributed by atoms with Crippen molar-refractivity contribution in [3.05, 3.63) is 10.1 Å². The van der Waals surface area contributed by atoms with Crippen molar-refractivity contribution >= 4 is 0 Å². The smallest absolute Gasteiger partial charge is 0.350 e. The average Bonchev–Trinajstić information content (AvgIpc) is 1.84. The molecule has 0 heterocycles. The van der Waals surface area contributed by atoms with Gasteiger partial charge in [-0.2, -0.15) is 0 Å². The summed E-state index contributed by atoms with van der Waals surface area (Å²) < 4.78 is 0. The molecule has 2 unspecified atom stereocenters. The second-order valence-electron chi connectivity index (χ2n) is 2.87. The zero-order chi connectivity index (χ0) is 9.23. The summed E-state index contributed by atoms with van der Waals surface area (Å²) in [6, 6.07) is 0. The van der Waals surface area contributed by atoms with Gasteiger partial charge in [-0.25, -0.2) is 0 Å². The van der Waals surface area contributed by atoms with Crippen LogP contribution < -0.4 is 0 Å². The summed E-state index contributed by atoms with van der Waals surface area (Å²) in [4.78, 5) is 9.44. The summed E-state index contributed by atoms with van der Waals surface area (Å²) in [5.41, 5.74) is -2.22. The fourth-order valence-electron chi connectivity index (χ4n) is 0.846. The Hall–Kier alpha value is -0.680. The number of nitrogens with zero attached hydrogens (tertiary/aromatic N) is 1. The number of aliphatic hydroxyl groups is 2. The van der Waals surface area contributed by atoms with Crippen LogP contribution in [0.15, 0.2) is 0 Å². The van der Waals surface area contributed by atoms with Crippen molar-refractivity contribution in [2.45, 2.75) is 32.6 Å². The largest absolute Gasteiger partial charge is 0.383 e. The molecule has 0 fully saturated rings. The zero-order valence-electron chi connectivity index (χ0n) is 6.81. The summed E-state index contributed by atoms with van der Waals surface area (Å²) in [5.74, 6) is -0.613. The van der Waals surface area contributed by atoms with Gasteiger partial charge in [0.05, 0.1) is 10.8 Å². The third kappa shape index (κ3) is 1.66. The first-order chi connectivity index (χ1) is 4.83. The SMILES string of the molecule is CC(C)C(O)(C(C)O)[N+](=O)[O-]. The minimum Gasteiger partial charge on any atom is -0.383 e. The van der Waals surface area contributed by atoms with E-state index in [0.717, 1.165) is 0 Å².